The van der Waals surface area contributed by atoms with E-state index in [1.807, 2.05) is 0 Å². The predicted octanol–water partition coefficient (Wildman–Crippen LogP) is 27.2. The van der Waals surface area contributed by atoms with Gasteiger partial charge in [0.2, 0.25) is 0 Å². The van der Waals surface area contributed by atoms with Crippen LogP contribution in [0.3, 0.4) is 0 Å². The number of allylic oxidation sites excluding steroid dienone is 4. The summed E-state index contributed by atoms with van der Waals surface area (Å²) in [5.74, 6) is 0. The van der Waals surface area contributed by atoms with Crippen LogP contribution in [0.5, 0.6) is 0 Å². The lowest BCUT2D eigenvalue weighted by atomic mass is 9.85. The van der Waals surface area contributed by atoms with Gasteiger partial charge in [-0.05, 0) is 248 Å². The standard InChI is InChI=1S/C94H86/c1-5-17-67(18-6-1)61-71-33-45-81(46-34-71)91(82-47-35-72(36-48-82)62-68-19-7-2-8-20-68)65-75-29-41-77(42-30-75)79-53-57-85(58-54-79)93-87-25-13-15-27-89(87)94(90-28-16-14-26-88(90)93)86-59-55-80(56-60-86)78-43-31-76(32-44-78)66-92(83-49-37-73(38-50-83)63-69-21-9-3-10-22-69)84-51-39-74(40-52-84)64-70-23-11-4-12-24-70/h13-16,25-66H,1-12,17-24H2. The normalized spacial score (nSPS) is 15.1. The summed E-state index contributed by atoms with van der Waals surface area (Å²) in [5.41, 5.74) is 31.2. The molecule has 0 heterocycles. The molecular weight excluding hydrogens is 1130 g/mol. The molecular formula is C94H86. The van der Waals surface area contributed by atoms with Crippen LogP contribution in [-0.2, 0) is 0 Å². The highest BCUT2D eigenvalue weighted by atomic mass is 14.2. The van der Waals surface area contributed by atoms with Crippen LogP contribution in [0, 0.1) is 0 Å². The van der Waals surface area contributed by atoms with Crippen LogP contribution in [0.4, 0.5) is 0 Å². The molecule has 11 aromatic carbocycles. The number of hydrogen-bond acceptors (Lipinski definition) is 0. The lowest BCUT2D eigenvalue weighted by Gasteiger charge is -2.18. The molecule has 0 bridgehead atoms. The fraction of sp³-hybridized carbons (Fsp3) is 0.213. The van der Waals surface area contributed by atoms with Crippen LogP contribution >= 0.6 is 0 Å². The number of fused-ring (bicyclic) bond motifs is 2. The van der Waals surface area contributed by atoms with Crippen molar-refractivity contribution in [2.45, 2.75) is 128 Å². The highest BCUT2D eigenvalue weighted by Gasteiger charge is 2.19. The van der Waals surface area contributed by atoms with Crippen molar-refractivity contribution in [3.8, 4) is 44.5 Å². The minimum Gasteiger partial charge on any atom is -0.0696 e. The fourth-order valence-electron chi connectivity index (χ4n) is 15.5. The number of rotatable bonds is 14. The molecule has 94 heavy (non-hydrogen) atoms. The number of hydrogen-bond donors (Lipinski definition) is 0. The van der Waals surface area contributed by atoms with Gasteiger partial charge in [0, 0.05) is 0 Å². The van der Waals surface area contributed by atoms with Gasteiger partial charge in [-0.2, -0.15) is 0 Å². The first-order chi connectivity index (χ1) is 46.5. The molecule has 0 aliphatic heterocycles. The molecule has 4 aliphatic rings. The van der Waals surface area contributed by atoms with Crippen molar-refractivity contribution in [3.05, 3.63) is 321 Å². The number of benzene rings is 11. The van der Waals surface area contributed by atoms with Gasteiger partial charge in [-0.1, -0.05) is 315 Å². The Morgan fingerprint density at radius 3 is 0.628 bits per heavy atom. The molecule has 0 unspecified atom stereocenters. The second-order valence-electron chi connectivity index (χ2n) is 27.3. The van der Waals surface area contributed by atoms with E-state index in [4.69, 9.17) is 0 Å². The maximum Gasteiger partial charge on any atom is -0.00264 e. The third kappa shape index (κ3) is 14.1. The van der Waals surface area contributed by atoms with Crippen LogP contribution in [0.2, 0.25) is 0 Å². The van der Waals surface area contributed by atoms with Crippen LogP contribution in [0.1, 0.15) is 184 Å². The van der Waals surface area contributed by atoms with Gasteiger partial charge in [0.05, 0.1) is 0 Å². The third-order valence-corrected chi connectivity index (χ3v) is 20.7. The van der Waals surface area contributed by atoms with Crippen LogP contribution in [0.25, 0.3) is 114 Å². The second kappa shape index (κ2) is 28.7. The van der Waals surface area contributed by atoms with E-state index in [-0.39, 0.29) is 0 Å². The summed E-state index contributed by atoms with van der Waals surface area (Å²) in [5, 5.41) is 5.04. The zero-order chi connectivity index (χ0) is 62.8. The van der Waals surface area contributed by atoms with Crippen molar-refractivity contribution < 1.29 is 0 Å². The molecule has 0 spiro atoms. The van der Waals surface area contributed by atoms with Gasteiger partial charge in [0.1, 0.15) is 0 Å². The molecule has 4 fully saturated rings. The van der Waals surface area contributed by atoms with E-state index < -0.39 is 0 Å². The summed E-state index contributed by atoms with van der Waals surface area (Å²) in [4.78, 5) is 0. The van der Waals surface area contributed by atoms with E-state index in [1.54, 1.807) is 22.3 Å². The maximum absolute atomic E-state index is 2.44. The van der Waals surface area contributed by atoms with E-state index in [0.29, 0.717) is 0 Å². The molecule has 0 saturated heterocycles. The Balaban J connectivity index is 0.686. The Morgan fingerprint density at radius 1 is 0.191 bits per heavy atom. The highest BCUT2D eigenvalue weighted by molar-refractivity contribution is 6.21. The summed E-state index contributed by atoms with van der Waals surface area (Å²) in [6, 6.07) is 92.0. The zero-order valence-electron chi connectivity index (χ0n) is 54.7. The van der Waals surface area contributed by atoms with Gasteiger partial charge >= 0.3 is 0 Å². The quantitative estimate of drug-likeness (QED) is 0.0752. The molecule has 4 saturated carbocycles. The first-order valence-electron chi connectivity index (χ1n) is 35.5. The predicted molar refractivity (Wildman–Crippen MR) is 407 cm³/mol. The largest absolute Gasteiger partial charge is 0.0696 e. The average molecular weight is 1220 g/mol. The van der Waals surface area contributed by atoms with Crippen molar-refractivity contribution in [2.24, 2.45) is 0 Å². The minimum atomic E-state index is 1.19. The summed E-state index contributed by atoms with van der Waals surface area (Å²) >= 11 is 0. The van der Waals surface area contributed by atoms with Gasteiger partial charge in [0.25, 0.3) is 0 Å². The lowest BCUT2D eigenvalue weighted by Crippen LogP contribution is -1.94. The van der Waals surface area contributed by atoms with Crippen molar-refractivity contribution in [1.82, 2.24) is 0 Å². The highest BCUT2D eigenvalue weighted by Crippen LogP contribution is 2.45. The monoisotopic (exact) mass is 1210 g/mol. The Bertz CT molecular complexity index is 4110. The Hall–Kier alpha value is -9.62. The summed E-state index contributed by atoms with van der Waals surface area (Å²) in [7, 11) is 0. The van der Waals surface area contributed by atoms with Crippen molar-refractivity contribution in [2.75, 3.05) is 0 Å². The molecule has 0 heteroatoms. The third-order valence-electron chi connectivity index (χ3n) is 20.7. The van der Waals surface area contributed by atoms with E-state index >= 15 is 0 Å². The van der Waals surface area contributed by atoms with Crippen LogP contribution in [-0.4, -0.2) is 0 Å². The summed E-state index contributed by atoms with van der Waals surface area (Å²) in [6.07, 6.45) is 40.4. The van der Waals surface area contributed by atoms with Gasteiger partial charge in [-0.3, -0.25) is 0 Å². The summed E-state index contributed by atoms with van der Waals surface area (Å²) < 4.78 is 0. The molecule has 11 aromatic rings. The van der Waals surface area contributed by atoms with E-state index in [0.717, 1.165) is 0 Å². The molecule has 0 atom stereocenters. The van der Waals surface area contributed by atoms with Gasteiger partial charge < -0.3 is 0 Å². The molecule has 462 valence electrons. The fourth-order valence-corrected chi connectivity index (χ4v) is 15.5. The van der Waals surface area contributed by atoms with Crippen molar-refractivity contribution in [1.29, 1.82) is 0 Å². The van der Waals surface area contributed by atoms with Gasteiger partial charge in [0.15, 0.2) is 0 Å². The first-order valence-corrected chi connectivity index (χ1v) is 35.5. The molecule has 0 amide bonds. The lowest BCUT2D eigenvalue weighted by molar-refractivity contribution is 0.602. The second-order valence-corrected chi connectivity index (χ2v) is 27.3. The van der Waals surface area contributed by atoms with Gasteiger partial charge in [-0.25, -0.2) is 0 Å². The van der Waals surface area contributed by atoms with E-state index in [1.165, 1.54) is 261 Å². The molecule has 0 N–H and O–H groups in total. The van der Waals surface area contributed by atoms with E-state index in [9.17, 15) is 0 Å². The van der Waals surface area contributed by atoms with Crippen LogP contribution in [0.15, 0.2) is 265 Å². The van der Waals surface area contributed by atoms with Crippen LogP contribution < -0.4 is 0 Å². The Labute approximate surface area is 559 Å². The maximum atomic E-state index is 2.44. The zero-order valence-corrected chi connectivity index (χ0v) is 54.7. The molecule has 0 nitrogen and oxygen atoms in total. The topological polar surface area (TPSA) is 0 Å². The Kier molecular flexibility index (Phi) is 18.5. The molecule has 0 radical (unpaired) electrons. The van der Waals surface area contributed by atoms with Crippen molar-refractivity contribution in [3.63, 3.8) is 0 Å². The average Bonchev–Trinajstić information content (AvgIpc) is 0.783. The minimum absolute atomic E-state index is 1.19. The van der Waals surface area contributed by atoms with Crippen molar-refractivity contribution >= 4 is 69.1 Å². The van der Waals surface area contributed by atoms with E-state index in [2.05, 4.69) is 279 Å². The first kappa shape index (κ1) is 60.6. The molecule has 4 aliphatic carbocycles. The van der Waals surface area contributed by atoms with Gasteiger partial charge in [-0.15, -0.1) is 0 Å². The Morgan fingerprint density at radius 2 is 0.394 bits per heavy atom. The molecule has 15 rings (SSSR count). The summed E-state index contributed by atoms with van der Waals surface area (Å²) in [6.45, 7) is 0. The molecule has 0 aromatic heterocycles. The SMILES string of the molecule is C(=C1CCCCC1)c1ccc(C(=Cc2ccc(-c3ccc(-c4c5ccccc5c(-c5ccc(-c6ccc(C=C(c7ccc(C=C8CCCCC8)cc7)c7ccc(C=C8CCCCC8)cc7)cc6)cc5)c5ccccc45)cc3)cc2)c2ccc(C=C3CCCCC3)cc2)cc1. The smallest absolute Gasteiger partial charge is 0.00264 e.